The van der Waals surface area contributed by atoms with E-state index >= 15 is 0 Å². The zero-order chi connectivity index (χ0) is 12.5. The fourth-order valence-electron chi connectivity index (χ4n) is 2.24. The fraction of sp³-hybridized carbons (Fsp3) is 1.00. The van der Waals surface area contributed by atoms with Crippen molar-refractivity contribution in [2.75, 3.05) is 46.6 Å². The highest BCUT2D eigenvalue weighted by Crippen LogP contribution is 2.09. The summed E-state index contributed by atoms with van der Waals surface area (Å²) in [5.41, 5.74) is 0. The molecule has 0 aromatic rings. The van der Waals surface area contributed by atoms with Gasteiger partial charge in [-0.2, -0.15) is 0 Å². The number of methoxy groups -OCH3 is 1. The Morgan fingerprint density at radius 1 is 1.24 bits per heavy atom. The maximum absolute atomic E-state index is 5.49. The zero-order valence-electron chi connectivity index (χ0n) is 11.6. The molecule has 1 fully saturated rings. The molecule has 1 aliphatic rings. The number of nitrogens with zero attached hydrogens (tertiary/aromatic N) is 1. The van der Waals surface area contributed by atoms with Crippen molar-refractivity contribution in [1.29, 1.82) is 0 Å². The largest absolute Gasteiger partial charge is 0.382 e. The molecule has 1 aliphatic heterocycles. The lowest BCUT2D eigenvalue weighted by Crippen LogP contribution is -2.39. The normalized spacial score (nSPS) is 27.0. The number of hydrogen-bond acceptors (Lipinski definition) is 4. The van der Waals surface area contributed by atoms with Crippen LogP contribution in [0.15, 0.2) is 0 Å². The first-order valence-electron chi connectivity index (χ1n) is 6.78. The molecule has 0 aromatic carbocycles. The highest BCUT2D eigenvalue weighted by Gasteiger charge is 2.19. The molecule has 2 unspecified atom stereocenters. The summed E-state index contributed by atoms with van der Waals surface area (Å²) in [4.78, 5) is 2.57. The molecule has 1 N–H and O–H groups in total. The molecule has 0 amide bonds. The second-order valence-corrected chi connectivity index (χ2v) is 4.95. The Morgan fingerprint density at radius 2 is 2.06 bits per heavy atom. The van der Waals surface area contributed by atoms with Crippen LogP contribution in [0, 0.1) is 0 Å². The van der Waals surface area contributed by atoms with Crippen molar-refractivity contribution in [2.24, 2.45) is 0 Å². The number of hydrogen-bond donors (Lipinski definition) is 1. The van der Waals surface area contributed by atoms with Gasteiger partial charge in [0.15, 0.2) is 0 Å². The third-order valence-electron chi connectivity index (χ3n) is 3.35. The molecular weight excluding hydrogens is 216 g/mol. The Balaban J connectivity index is 2.11. The molecule has 0 aromatic heterocycles. The molecule has 0 bridgehead atoms. The molecule has 17 heavy (non-hydrogen) atoms. The lowest BCUT2D eigenvalue weighted by Gasteiger charge is -2.27. The summed E-state index contributed by atoms with van der Waals surface area (Å²) in [5.74, 6) is 0. The van der Waals surface area contributed by atoms with Gasteiger partial charge in [-0.05, 0) is 33.2 Å². The Hall–Kier alpha value is -0.160. The van der Waals surface area contributed by atoms with Gasteiger partial charge in [0, 0.05) is 38.9 Å². The van der Waals surface area contributed by atoms with Gasteiger partial charge < -0.3 is 14.8 Å². The molecule has 0 aliphatic carbocycles. The van der Waals surface area contributed by atoms with E-state index in [2.05, 4.69) is 24.1 Å². The third kappa shape index (κ3) is 6.36. The molecule has 0 spiro atoms. The smallest absolute Gasteiger partial charge is 0.0700 e. The van der Waals surface area contributed by atoms with Gasteiger partial charge in [0.2, 0.25) is 0 Å². The quantitative estimate of drug-likeness (QED) is 0.680. The SMILES string of the molecule is COCCOCCCN1CC(C)NCCC1C. The standard InChI is InChI=1S/C13H28N2O2/c1-12-11-15(13(2)5-6-14-12)7-4-8-17-10-9-16-3/h12-14H,4-11H2,1-3H3. The molecule has 1 saturated heterocycles. The van der Waals surface area contributed by atoms with Crippen LogP contribution in [-0.2, 0) is 9.47 Å². The van der Waals surface area contributed by atoms with Crippen molar-refractivity contribution < 1.29 is 9.47 Å². The van der Waals surface area contributed by atoms with Gasteiger partial charge in [-0.15, -0.1) is 0 Å². The third-order valence-corrected chi connectivity index (χ3v) is 3.35. The summed E-state index contributed by atoms with van der Waals surface area (Å²) in [6.45, 7) is 10.3. The lowest BCUT2D eigenvalue weighted by atomic mass is 10.2. The van der Waals surface area contributed by atoms with Gasteiger partial charge in [0.05, 0.1) is 13.2 Å². The van der Waals surface area contributed by atoms with Crippen LogP contribution in [0.1, 0.15) is 26.7 Å². The molecule has 1 heterocycles. The molecule has 4 nitrogen and oxygen atoms in total. The van der Waals surface area contributed by atoms with E-state index < -0.39 is 0 Å². The molecule has 4 heteroatoms. The first-order chi connectivity index (χ1) is 8.24. The topological polar surface area (TPSA) is 33.7 Å². The lowest BCUT2D eigenvalue weighted by molar-refractivity contribution is 0.0630. The highest BCUT2D eigenvalue weighted by molar-refractivity contribution is 4.78. The van der Waals surface area contributed by atoms with E-state index in [4.69, 9.17) is 9.47 Å². The molecular formula is C13H28N2O2. The van der Waals surface area contributed by atoms with E-state index in [0.717, 1.165) is 32.7 Å². The van der Waals surface area contributed by atoms with Crippen LogP contribution in [-0.4, -0.2) is 63.5 Å². The van der Waals surface area contributed by atoms with Gasteiger partial charge in [-0.1, -0.05) is 0 Å². The first-order valence-corrected chi connectivity index (χ1v) is 6.78. The molecule has 0 saturated carbocycles. The monoisotopic (exact) mass is 244 g/mol. The predicted molar refractivity (Wildman–Crippen MR) is 70.4 cm³/mol. The minimum atomic E-state index is 0.606. The fourth-order valence-corrected chi connectivity index (χ4v) is 2.24. The maximum Gasteiger partial charge on any atom is 0.0700 e. The summed E-state index contributed by atoms with van der Waals surface area (Å²) < 4.78 is 10.4. The average molecular weight is 244 g/mol. The van der Waals surface area contributed by atoms with Gasteiger partial charge >= 0.3 is 0 Å². The van der Waals surface area contributed by atoms with Crippen LogP contribution in [0.4, 0.5) is 0 Å². The summed E-state index contributed by atoms with van der Waals surface area (Å²) >= 11 is 0. The maximum atomic E-state index is 5.49. The summed E-state index contributed by atoms with van der Waals surface area (Å²) in [6, 6.07) is 1.29. The van der Waals surface area contributed by atoms with Crippen molar-refractivity contribution in [1.82, 2.24) is 10.2 Å². The van der Waals surface area contributed by atoms with Crippen LogP contribution < -0.4 is 5.32 Å². The van der Waals surface area contributed by atoms with E-state index in [9.17, 15) is 0 Å². The van der Waals surface area contributed by atoms with E-state index in [1.54, 1.807) is 7.11 Å². The molecule has 0 radical (unpaired) electrons. The van der Waals surface area contributed by atoms with Crippen LogP contribution in [0.3, 0.4) is 0 Å². The van der Waals surface area contributed by atoms with Gasteiger partial charge in [0.1, 0.15) is 0 Å². The summed E-state index contributed by atoms with van der Waals surface area (Å²) in [6.07, 6.45) is 2.36. The van der Waals surface area contributed by atoms with Crippen LogP contribution in [0.5, 0.6) is 0 Å². The molecule has 102 valence electrons. The second-order valence-electron chi connectivity index (χ2n) is 4.95. The molecule has 1 rings (SSSR count). The Kier molecular flexibility index (Phi) is 7.77. The minimum Gasteiger partial charge on any atom is -0.382 e. The highest BCUT2D eigenvalue weighted by atomic mass is 16.5. The minimum absolute atomic E-state index is 0.606. The van der Waals surface area contributed by atoms with Crippen molar-refractivity contribution in [3.8, 4) is 0 Å². The van der Waals surface area contributed by atoms with E-state index in [1.165, 1.54) is 6.42 Å². The Morgan fingerprint density at radius 3 is 2.82 bits per heavy atom. The van der Waals surface area contributed by atoms with Crippen molar-refractivity contribution in [2.45, 2.75) is 38.8 Å². The van der Waals surface area contributed by atoms with E-state index in [1.807, 2.05) is 0 Å². The van der Waals surface area contributed by atoms with E-state index in [0.29, 0.717) is 25.3 Å². The Bertz CT molecular complexity index is 190. The van der Waals surface area contributed by atoms with E-state index in [-0.39, 0.29) is 0 Å². The number of rotatable bonds is 7. The van der Waals surface area contributed by atoms with Crippen molar-refractivity contribution in [3.63, 3.8) is 0 Å². The first kappa shape index (κ1) is 14.9. The Labute approximate surface area is 106 Å². The van der Waals surface area contributed by atoms with Crippen molar-refractivity contribution >= 4 is 0 Å². The summed E-state index contributed by atoms with van der Waals surface area (Å²) in [5, 5.41) is 3.53. The average Bonchev–Trinajstić information content (AvgIpc) is 2.46. The van der Waals surface area contributed by atoms with Crippen LogP contribution in [0.2, 0.25) is 0 Å². The van der Waals surface area contributed by atoms with Gasteiger partial charge in [-0.3, -0.25) is 4.90 Å². The van der Waals surface area contributed by atoms with Crippen molar-refractivity contribution in [3.05, 3.63) is 0 Å². The van der Waals surface area contributed by atoms with Gasteiger partial charge in [0.25, 0.3) is 0 Å². The van der Waals surface area contributed by atoms with Crippen LogP contribution in [0.25, 0.3) is 0 Å². The predicted octanol–water partition coefficient (Wildman–Crippen LogP) is 1.11. The summed E-state index contributed by atoms with van der Waals surface area (Å²) in [7, 11) is 1.71. The number of ether oxygens (including phenoxy) is 2. The van der Waals surface area contributed by atoms with Crippen LogP contribution >= 0.6 is 0 Å². The number of nitrogens with one attached hydrogen (secondary N) is 1. The molecule has 2 atom stereocenters. The zero-order valence-corrected chi connectivity index (χ0v) is 11.6. The van der Waals surface area contributed by atoms with Gasteiger partial charge in [-0.25, -0.2) is 0 Å². The second kappa shape index (κ2) is 8.86.